The summed E-state index contributed by atoms with van der Waals surface area (Å²) in [6.45, 7) is 4.36. The number of carbonyl (C=O) groups excluding carboxylic acids is 1. The summed E-state index contributed by atoms with van der Waals surface area (Å²) in [5.41, 5.74) is 0. The molecule has 0 spiro atoms. The number of piperidine rings is 1. The summed E-state index contributed by atoms with van der Waals surface area (Å²) in [7, 11) is 0. The summed E-state index contributed by atoms with van der Waals surface area (Å²) < 4.78 is 5.53. The molecule has 2 unspecified atom stereocenters. The predicted molar refractivity (Wildman–Crippen MR) is 56.9 cm³/mol. The monoisotopic (exact) mass is 261 g/mol. The first-order valence-electron chi connectivity index (χ1n) is 5.85. The third-order valence-corrected chi connectivity index (χ3v) is 3.00. The molecular weight excluding hydrogens is 245 g/mol. The van der Waals surface area contributed by atoms with Gasteiger partial charge in [-0.05, 0) is 12.8 Å². The number of aliphatic carboxylic acids is 1. The smallest absolute Gasteiger partial charge is 0.550 e. The second kappa shape index (κ2) is 6.65. The maximum Gasteiger partial charge on any atom is 1.00 e. The van der Waals surface area contributed by atoms with Crippen molar-refractivity contribution in [3.8, 4) is 0 Å². The van der Waals surface area contributed by atoms with Crippen molar-refractivity contribution in [2.45, 2.75) is 38.6 Å². The molecule has 6 nitrogen and oxygen atoms in total. The van der Waals surface area contributed by atoms with Gasteiger partial charge in [-0.25, -0.2) is 0 Å². The number of rotatable bonds is 3. The molecule has 94 valence electrons. The fraction of sp³-hybridized carbons (Fsp3) is 0.727. The van der Waals surface area contributed by atoms with E-state index in [2.05, 4.69) is 15.5 Å². The molecule has 1 N–H and O–H groups in total. The summed E-state index contributed by atoms with van der Waals surface area (Å²) in [4.78, 5) is 10.7. The number of nitrogens with one attached hydrogen (secondary N) is 1. The summed E-state index contributed by atoms with van der Waals surface area (Å²) in [5, 5.41) is 21.7. The van der Waals surface area contributed by atoms with E-state index in [4.69, 9.17) is 4.42 Å². The average molecular weight is 261 g/mol. The van der Waals surface area contributed by atoms with Crippen molar-refractivity contribution in [1.82, 2.24) is 15.5 Å². The number of nitrogens with zero attached hydrogens (tertiary/aromatic N) is 2. The normalized spacial score (nSPS) is 23.7. The Labute approximate surface area is 128 Å². The van der Waals surface area contributed by atoms with Crippen LogP contribution in [0.1, 0.15) is 50.4 Å². The summed E-state index contributed by atoms with van der Waals surface area (Å²) in [6, 6.07) is -0.0365. The molecule has 2 rings (SSSR count). The molecule has 0 amide bonds. The SMILES string of the molecule is CC(C)c1nnc(C2CCC(C(=O)[O-])CN2)o1.[Na+]. The van der Waals surface area contributed by atoms with Crippen molar-refractivity contribution >= 4 is 5.97 Å². The van der Waals surface area contributed by atoms with Crippen LogP contribution in [0.15, 0.2) is 4.42 Å². The summed E-state index contributed by atoms with van der Waals surface area (Å²) >= 11 is 0. The van der Waals surface area contributed by atoms with Gasteiger partial charge >= 0.3 is 29.6 Å². The van der Waals surface area contributed by atoms with E-state index in [1.165, 1.54) is 0 Å². The van der Waals surface area contributed by atoms with Gasteiger partial charge in [0.1, 0.15) is 0 Å². The largest absolute Gasteiger partial charge is 1.00 e. The Morgan fingerprint density at radius 2 is 2.17 bits per heavy atom. The standard InChI is InChI=1S/C11H17N3O3.Na/c1-6(2)9-13-14-10(17-9)8-4-3-7(5-12-8)11(15)16;/h6-8,12H,3-5H2,1-2H3,(H,15,16);/q;+1/p-1. The van der Waals surface area contributed by atoms with Gasteiger partial charge in [0.05, 0.1) is 6.04 Å². The molecule has 18 heavy (non-hydrogen) atoms. The van der Waals surface area contributed by atoms with Gasteiger partial charge in [0, 0.05) is 24.3 Å². The van der Waals surface area contributed by atoms with Crippen LogP contribution >= 0.6 is 0 Å². The Balaban J connectivity index is 0.00000162. The van der Waals surface area contributed by atoms with Gasteiger partial charge in [-0.2, -0.15) is 0 Å². The molecule has 7 heteroatoms. The van der Waals surface area contributed by atoms with Crippen molar-refractivity contribution in [3.63, 3.8) is 0 Å². The maximum atomic E-state index is 10.7. The number of carbonyl (C=O) groups is 1. The number of carboxylic acid groups (broad SMARTS) is 1. The number of hydrogen-bond acceptors (Lipinski definition) is 6. The van der Waals surface area contributed by atoms with Crippen LogP contribution in [0.25, 0.3) is 0 Å². The first-order chi connectivity index (χ1) is 8.08. The van der Waals surface area contributed by atoms with Gasteiger partial charge in [-0.15, -0.1) is 10.2 Å². The zero-order valence-electron chi connectivity index (χ0n) is 11.0. The fourth-order valence-corrected chi connectivity index (χ4v) is 1.89. The second-order valence-corrected chi connectivity index (χ2v) is 4.69. The van der Waals surface area contributed by atoms with Crippen molar-refractivity contribution in [2.24, 2.45) is 5.92 Å². The quantitative estimate of drug-likeness (QED) is 0.583. The van der Waals surface area contributed by atoms with Crippen LogP contribution in [0.4, 0.5) is 0 Å². The Morgan fingerprint density at radius 3 is 2.61 bits per heavy atom. The van der Waals surface area contributed by atoms with E-state index in [9.17, 15) is 9.90 Å². The Morgan fingerprint density at radius 1 is 1.44 bits per heavy atom. The molecule has 2 atom stereocenters. The minimum atomic E-state index is -0.996. The van der Waals surface area contributed by atoms with Crippen molar-refractivity contribution in [3.05, 3.63) is 11.8 Å². The van der Waals surface area contributed by atoms with Gasteiger partial charge in [0.15, 0.2) is 0 Å². The van der Waals surface area contributed by atoms with E-state index in [-0.39, 0.29) is 41.5 Å². The van der Waals surface area contributed by atoms with Gasteiger partial charge in [0.25, 0.3) is 0 Å². The van der Waals surface area contributed by atoms with Crippen LogP contribution in [-0.2, 0) is 4.79 Å². The van der Waals surface area contributed by atoms with Crippen LogP contribution in [-0.4, -0.2) is 22.7 Å². The minimum absolute atomic E-state index is 0. The first-order valence-corrected chi connectivity index (χ1v) is 5.85. The molecule has 0 radical (unpaired) electrons. The molecule has 1 aromatic rings. The van der Waals surface area contributed by atoms with E-state index in [0.29, 0.717) is 31.2 Å². The number of hydrogen-bond donors (Lipinski definition) is 1. The van der Waals surface area contributed by atoms with E-state index >= 15 is 0 Å². The molecule has 0 bridgehead atoms. The number of carboxylic acids is 1. The van der Waals surface area contributed by atoms with E-state index in [0.717, 1.165) is 0 Å². The second-order valence-electron chi connectivity index (χ2n) is 4.69. The Kier molecular flexibility index (Phi) is 5.78. The fourth-order valence-electron chi connectivity index (χ4n) is 1.89. The molecule has 0 aromatic carbocycles. The Hall–Kier alpha value is -0.430. The van der Waals surface area contributed by atoms with E-state index < -0.39 is 11.9 Å². The summed E-state index contributed by atoms with van der Waals surface area (Å²) in [6.07, 6.45) is 1.26. The first kappa shape index (κ1) is 15.6. The predicted octanol–water partition coefficient (Wildman–Crippen LogP) is -3.01. The van der Waals surface area contributed by atoms with Crippen LogP contribution in [0.2, 0.25) is 0 Å². The molecule has 2 heterocycles. The summed E-state index contributed by atoms with van der Waals surface area (Å²) in [5.74, 6) is -0.0479. The minimum Gasteiger partial charge on any atom is -0.550 e. The van der Waals surface area contributed by atoms with Crippen molar-refractivity contribution in [2.75, 3.05) is 6.54 Å². The molecule has 0 aliphatic carbocycles. The molecule has 1 aromatic heterocycles. The average Bonchev–Trinajstić information content (AvgIpc) is 2.78. The molecule has 1 aliphatic heterocycles. The molecule has 1 saturated heterocycles. The van der Waals surface area contributed by atoms with Gasteiger partial charge in [0.2, 0.25) is 11.8 Å². The topological polar surface area (TPSA) is 91.1 Å². The van der Waals surface area contributed by atoms with Crippen LogP contribution in [0, 0.1) is 5.92 Å². The Bertz CT molecular complexity index is 400. The zero-order chi connectivity index (χ0) is 12.4. The van der Waals surface area contributed by atoms with Crippen LogP contribution < -0.4 is 40.0 Å². The molecule has 1 aliphatic rings. The van der Waals surface area contributed by atoms with E-state index in [1.54, 1.807) is 0 Å². The third kappa shape index (κ3) is 3.54. The van der Waals surface area contributed by atoms with E-state index in [1.807, 2.05) is 13.8 Å². The van der Waals surface area contributed by atoms with Gasteiger partial charge in [-0.3, -0.25) is 0 Å². The van der Waals surface area contributed by atoms with Gasteiger partial charge < -0.3 is 19.6 Å². The molecular formula is C11H16N3NaO3. The van der Waals surface area contributed by atoms with Crippen molar-refractivity contribution in [1.29, 1.82) is 0 Å². The zero-order valence-corrected chi connectivity index (χ0v) is 13.0. The van der Waals surface area contributed by atoms with Crippen LogP contribution in [0.3, 0.4) is 0 Å². The van der Waals surface area contributed by atoms with Crippen molar-refractivity contribution < 1.29 is 43.9 Å². The molecule has 1 fully saturated rings. The number of aromatic nitrogens is 2. The third-order valence-electron chi connectivity index (χ3n) is 3.00. The molecule has 0 saturated carbocycles. The van der Waals surface area contributed by atoms with Crippen LogP contribution in [0.5, 0.6) is 0 Å². The van der Waals surface area contributed by atoms with Gasteiger partial charge in [-0.1, -0.05) is 13.8 Å². The maximum absolute atomic E-state index is 10.7.